The van der Waals surface area contributed by atoms with E-state index < -0.39 is 36.3 Å². The summed E-state index contributed by atoms with van der Waals surface area (Å²) in [6.07, 6.45) is -6.02. The molecule has 2 N–H and O–H groups in total. The van der Waals surface area contributed by atoms with Crippen molar-refractivity contribution in [2.75, 3.05) is 12.4 Å². The lowest BCUT2D eigenvalue weighted by Gasteiger charge is -2.15. The van der Waals surface area contributed by atoms with Crippen LogP contribution in [0.2, 0.25) is 0 Å². The number of aryl methyl sites for hydroxylation is 2. The van der Waals surface area contributed by atoms with Gasteiger partial charge in [-0.3, -0.25) is 19.8 Å². The number of halogens is 5. The molecule has 0 aliphatic carbocycles. The van der Waals surface area contributed by atoms with E-state index >= 15 is 0 Å². The van der Waals surface area contributed by atoms with E-state index in [-0.39, 0.29) is 11.4 Å². The molecule has 1 aliphatic rings. The molecule has 0 radical (unpaired) electrons. The number of amides is 1. The number of benzene rings is 1. The quantitative estimate of drug-likeness (QED) is 0.357. The molecule has 3 atom stereocenters. The van der Waals surface area contributed by atoms with Crippen molar-refractivity contribution in [1.29, 1.82) is 0 Å². The zero-order chi connectivity index (χ0) is 23.1. The van der Waals surface area contributed by atoms with Gasteiger partial charge in [0.1, 0.15) is 35.6 Å². The summed E-state index contributed by atoms with van der Waals surface area (Å²) in [5.41, 5.74) is 1.51. The molecule has 2 heterocycles. The summed E-state index contributed by atoms with van der Waals surface area (Å²) in [5, 5.41) is 9.30. The van der Waals surface area contributed by atoms with E-state index in [1.54, 1.807) is 14.0 Å². The lowest BCUT2D eigenvalue weighted by molar-refractivity contribution is -0.153. The number of alkyl halides is 3. The van der Waals surface area contributed by atoms with E-state index in [4.69, 9.17) is 4.74 Å². The van der Waals surface area contributed by atoms with Gasteiger partial charge in [-0.1, -0.05) is 0 Å². The average Bonchev–Trinajstić information content (AvgIpc) is 3.35. The molecule has 1 aromatic carbocycles. The number of hydrogen-bond donors (Lipinski definition) is 2. The summed E-state index contributed by atoms with van der Waals surface area (Å²) in [4.78, 5) is 16.9. The molecule has 0 spiro atoms. The molecule has 1 aromatic heterocycles. The van der Waals surface area contributed by atoms with Gasteiger partial charge in [-0.15, -0.1) is 0 Å². The van der Waals surface area contributed by atoms with E-state index in [0.717, 1.165) is 6.92 Å². The van der Waals surface area contributed by atoms with Crippen LogP contribution in [-0.2, 0) is 11.8 Å². The van der Waals surface area contributed by atoms with E-state index in [9.17, 15) is 22.4 Å². The Morgan fingerprint density at radius 2 is 2.06 bits per heavy atom. The normalized spacial score (nSPS) is 20.0. The van der Waals surface area contributed by atoms with Gasteiger partial charge in [0.15, 0.2) is 0 Å². The van der Waals surface area contributed by atoms with Crippen molar-refractivity contribution >= 4 is 33.2 Å². The van der Waals surface area contributed by atoms with Crippen LogP contribution < -0.4 is 10.6 Å². The number of hydrogen-bond acceptors (Lipinski definition) is 5. The Bertz CT molecular complexity index is 1040. The van der Waals surface area contributed by atoms with Gasteiger partial charge in [0.05, 0.1) is 10.2 Å². The molecule has 1 saturated heterocycles. The highest BCUT2D eigenvalue weighted by atomic mass is 79.9. The fourth-order valence-corrected chi connectivity index (χ4v) is 3.70. The molecule has 3 unspecified atom stereocenters. The molecule has 7 nitrogen and oxygen atoms in total. The number of nitrogens with zero attached hydrogens (tertiary/aromatic N) is 3. The second kappa shape index (κ2) is 8.67. The van der Waals surface area contributed by atoms with Crippen LogP contribution in [-0.4, -0.2) is 53.0 Å². The van der Waals surface area contributed by atoms with Gasteiger partial charge >= 0.3 is 6.18 Å². The van der Waals surface area contributed by atoms with Crippen LogP contribution in [0.5, 0.6) is 0 Å². The van der Waals surface area contributed by atoms with Gasteiger partial charge in [-0.05, 0) is 53.5 Å². The van der Waals surface area contributed by atoms with Crippen molar-refractivity contribution in [2.24, 2.45) is 12.0 Å². The summed E-state index contributed by atoms with van der Waals surface area (Å²) < 4.78 is 58.7. The van der Waals surface area contributed by atoms with Gasteiger partial charge < -0.3 is 10.1 Å². The minimum absolute atomic E-state index is 0.159. The minimum atomic E-state index is -4.41. The smallest absolute Gasteiger partial charge is 0.346 e. The molecule has 2 aromatic rings. The summed E-state index contributed by atoms with van der Waals surface area (Å²) in [5.74, 6) is -0.898. The van der Waals surface area contributed by atoms with Gasteiger partial charge in [-0.25, -0.2) is 4.39 Å². The van der Waals surface area contributed by atoms with Crippen LogP contribution in [0.1, 0.15) is 28.7 Å². The van der Waals surface area contributed by atoms with Crippen molar-refractivity contribution in [2.45, 2.75) is 38.4 Å². The largest absolute Gasteiger partial charge is 0.403 e. The highest BCUT2D eigenvalue weighted by molar-refractivity contribution is 9.10. The molecular weight excluding hydrogens is 486 g/mol. The number of rotatable bonds is 6. The summed E-state index contributed by atoms with van der Waals surface area (Å²) in [7, 11) is 3.00. The maximum atomic E-state index is 13.4. The number of ether oxygens (including phenoxy) is 1. The molecule has 168 valence electrons. The van der Waals surface area contributed by atoms with Gasteiger partial charge in [0, 0.05) is 19.8 Å². The minimum Gasteiger partial charge on any atom is -0.346 e. The first-order chi connectivity index (χ1) is 14.4. The predicted octanol–water partition coefficient (Wildman–Crippen LogP) is 3.57. The topological polar surface area (TPSA) is 83.8 Å². The monoisotopic (exact) mass is 505 g/mol. The molecular formula is C19H20BrF4N5O2. The van der Waals surface area contributed by atoms with Crippen molar-refractivity contribution < 1.29 is 27.1 Å². The third-order valence-corrected chi connectivity index (χ3v) is 5.52. The summed E-state index contributed by atoms with van der Waals surface area (Å²) in [6.45, 7) is 2.57. The molecule has 1 fully saturated rings. The highest BCUT2D eigenvalue weighted by Gasteiger charge is 2.49. The molecule has 1 amide bonds. The maximum absolute atomic E-state index is 13.4. The number of anilines is 1. The average molecular weight is 506 g/mol. The Morgan fingerprint density at radius 1 is 1.39 bits per heavy atom. The number of epoxide rings is 1. The van der Waals surface area contributed by atoms with E-state index in [1.807, 2.05) is 0 Å². The maximum Gasteiger partial charge on any atom is 0.403 e. The lowest BCUT2D eigenvalue weighted by atomic mass is 10.1. The number of carbonyl (C=O) groups is 1. The van der Waals surface area contributed by atoms with Crippen LogP contribution >= 0.6 is 15.9 Å². The van der Waals surface area contributed by atoms with Gasteiger partial charge in [-0.2, -0.15) is 18.3 Å². The first kappa shape index (κ1) is 23.4. The lowest BCUT2D eigenvalue weighted by Crippen LogP contribution is -2.42. The Labute approximate surface area is 184 Å². The zero-order valence-electron chi connectivity index (χ0n) is 17.0. The standard InChI is InChI=1S/C19H20BrF4N5O2/c1-8-7-10(5-6-11(8)21)27-17(30)15-12(20)13(28-29(15)4)14(25-3)16-18(31-16)26-9(2)19(22,23)24/h5-7,9,16,18,26H,1-4H3,(H,27,30). The number of aromatic nitrogens is 2. The molecule has 3 rings (SSSR count). The van der Waals surface area contributed by atoms with E-state index in [0.29, 0.717) is 21.4 Å². The fraction of sp³-hybridized carbons (Fsp3) is 0.421. The third kappa shape index (κ3) is 4.96. The summed E-state index contributed by atoms with van der Waals surface area (Å²) >= 11 is 3.34. The van der Waals surface area contributed by atoms with Crippen molar-refractivity contribution in [3.05, 3.63) is 45.4 Å². The number of carbonyl (C=O) groups excluding carboxylic acids is 1. The Morgan fingerprint density at radius 3 is 2.65 bits per heavy atom. The van der Waals surface area contributed by atoms with Gasteiger partial charge in [0.2, 0.25) is 0 Å². The molecule has 1 aliphatic heterocycles. The van der Waals surface area contributed by atoms with E-state index in [2.05, 4.69) is 36.7 Å². The van der Waals surface area contributed by atoms with Crippen LogP contribution in [0.15, 0.2) is 27.7 Å². The van der Waals surface area contributed by atoms with Crippen molar-refractivity contribution in [3.8, 4) is 0 Å². The second-order valence-corrected chi connectivity index (χ2v) is 7.86. The molecule has 0 saturated carbocycles. The van der Waals surface area contributed by atoms with E-state index in [1.165, 1.54) is 29.9 Å². The summed E-state index contributed by atoms with van der Waals surface area (Å²) in [6, 6.07) is 2.41. The van der Waals surface area contributed by atoms with Crippen LogP contribution in [0.4, 0.5) is 23.2 Å². The zero-order valence-corrected chi connectivity index (χ0v) is 18.6. The molecule has 0 bridgehead atoms. The Hall–Kier alpha value is -2.31. The molecule has 12 heteroatoms. The van der Waals surface area contributed by atoms with Gasteiger partial charge in [0.25, 0.3) is 5.91 Å². The second-order valence-electron chi connectivity index (χ2n) is 7.07. The predicted molar refractivity (Wildman–Crippen MR) is 110 cm³/mol. The van der Waals surface area contributed by atoms with Crippen molar-refractivity contribution in [3.63, 3.8) is 0 Å². The number of nitrogens with one attached hydrogen (secondary N) is 2. The Balaban J connectivity index is 1.78. The first-order valence-electron chi connectivity index (χ1n) is 9.19. The third-order valence-electron chi connectivity index (χ3n) is 4.77. The fourth-order valence-electron chi connectivity index (χ4n) is 2.98. The Kier molecular flexibility index (Phi) is 6.53. The SMILES string of the molecule is CN=C(c1nn(C)c(C(=O)Nc2ccc(F)c(C)c2)c1Br)C1OC1NC(C)C(F)(F)F. The highest BCUT2D eigenvalue weighted by Crippen LogP contribution is 2.32. The van der Waals surface area contributed by atoms with Crippen LogP contribution in [0.3, 0.4) is 0 Å². The first-order valence-corrected chi connectivity index (χ1v) is 9.98. The van der Waals surface area contributed by atoms with Crippen molar-refractivity contribution in [1.82, 2.24) is 15.1 Å². The number of aliphatic imine (C=N–C) groups is 1. The van der Waals surface area contributed by atoms with Crippen LogP contribution in [0.25, 0.3) is 0 Å². The molecule has 31 heavy (non-hydrogen) atoms. The van der Waals surface area contributed by atoms with Crippen LogP contribution in [0, 0.1) is 12.7 Å².